The first kappa shape index (κ1) is 17.5. The molecule has 0 spiro atoms. The zero-order valence-electron chi connectivity index (χ0n) is 11.2. The molecule has 8 heteroatoms. The Morgan fingerprint density at radius 1 is 1.40 bits per heavy atom. The van der Waals surface area contributed by atoms with Crippen molar-refractivity contribution >= 4 is 40.8 Å². The smallest absolute Gasteiger partial charge is 0.326 e. The highest BCUT2D eigenvalue weighted by Crippen LogP contribution is 2.32. The normalized spacial score (nSPS) is 14.8. The third-order valence-electron chi connectivity index (χ3n) is 2.25. The van der Waals surface area contributed by atoms with Gasteiger partial charge in [0.25, 0.3) is 0 Å². The largest absolute Gasteiger partial charge is 0.459 e. The number of carbonyl (C=O) groups excluding carboxylic acids is 1. The van der Waals surface area contributed by atoms with Gasteiger partial charge in [-0.25, -0.2) is 4.98 Å². The van der Waals surface area contributed by atoms with Gasteiger partial charge in [-0.05, 0) is 26.8 Å². The first-order valence-electron chi connectivity index (χ1n) is 5.71. The van der Waals surface area contributed by atoms with E-state index in [-0.39, 0.29) is 20.9 Å². The molecule has 112 valence electrons. The predicted molar refractivity (Wildman–Crippen MR) is 78.0 cm³/mol. The van der Waals surface area contributed by atoms with E-state index in [1.54, 1.807) is 20.8 Å². The Morgan fingerprint density at radius 3 is 2.40 bits per heavy atom. The molecule has 0 aliphatic heterocycles. The molecular formula is C12H15Cl3N2O3. The van der Waals surface area contributed by atoms with E-state index in [0.717, 1.165) is 0 Å². The van der Waals surface area contributed by atoms with Gasteiger partial charge in [-0.15, -0.1) is 0 Å². The average Bonchev–Trinajstić information content (AvgIpc) is 2.23. The van der Waals surface area contributed by atoms with Crippen molar-refractivity contribution in [3.8, 4) is 0 Å². The van der Waals surface area contributed by atoms with Crippen molar-refractivity contribution in [1.29, 1.82) is 0 Å². The molecule has 0 fully saturated rings. The molecule has 0 amide bonds. The molecule has 3 N–H and O–H groups in total. The summed E-state index contributed by atoms with van der Waals surface area (Å²) in [6.45, 7) is 5.06. The number of rotatable bonds is 3. The third kappa shape index (κ3) is 4.46. The molecule has 0 aliphatic carbocycles. The number of halogens is 3. The van der Waals surface area contributed by atoms with Crippen LogP contribution in [0.3, 0.4) is 0 Å². The zero-order valence-corrected chi connectivity index (χ0v) is 13.4. The quantitative estimate of drug-likeness (QED) is 0.652. The molecule has 1 rings (SSSR count). The second-order valence-electron chi connectivity index (χ2n) is 5.14. The zero-order chi connectivity index (χ0) is 15.7. The van der Waals surface area contributed by atoms with Crippen molar-refractivity contribution in [1.82, 2.24) is 4.98 Å². The molecular weight excluding hydrogens is 327 g/mol. The van der Waals surface area contributed by atoms with E-state index in [2.05, 4.69) is 4.98 Å². The van der Waals surface area contributed by atoms with Crippen molar-refractivity contribution in [2.45, 2.75) is 38.5 Å². The molecule has 2 atom stereocenters. The number of nitrogens with two attached hydrogens (primary N) is 1. The minimum atomic E-state index is -1.45. The number of aliphatic hydroxyl groups is 1. The second-order valence-corrected chi connectivity index (χ2v) is 6.29. The summed E-state index contributed by atoms with van der Waals surface area (Å²) >= 11 is 17.5. The molecule has 20 heavy (non-hydrogen) atoms. The number of hydrogen-bond donors (Lipinski definition) is 2. The molecule has 0 unspecified atom stereocenters. The average molecular weight is 342 g/mol. The Labute approximate surface area is 132 Å². The summed E-state index contributed by atoms with van der Waals surface area (Å²) in [5.74, 6) is -0.771. The summed E-state index contributed by atoms with van der Waals surface area (Å²) < 4.78 is 5.09. The Balaban J connectivity index is 3.01. The Morgan fingerprint density at radius 2 is 1.95 bits per heavy atom. The Bertz CT molecular complexity index is 494. The van der Waals surface area contributed by atoms with E-state index in [1.807, 2.05) is 0 Å². The fourth-order valence-corrected chi connectivity index (χ4v) is 2.36. The lowest BCUT2D eigenvalue weighted by atomic mass is 10.0. The number of esters is 1. The monoisotopic (exact) mass is 340 g/mol. The highest BCUT2D eigenvalue weighted by atomic mass is 35.5. The highest BCUT2D eigenvalue weighted by molar-refractivity contribution is 6.37. The van der Waals surface area contributed by atoms with Gasteiger partial charge in [-0.2, -0.15) is 0 Å². The molecule has 0 saturated heterocycles. The van der Waals surface area contributed by atoms with Crippen LogP contribution in [-0.2, 0) is 9.53 Å². The SMILES string of the molecule is CC(C)(C)OC(=O)[C@H](N)[C@@H](O)c1c(Cl)cc(Cl)nc1Cl. The lowest BCUT2D eigenvalue weighted by Gasteiger charge is -2.25. The fourth-order valence-electron chi connectivity index (χ4n) is 1.41. The lowest BCUT2D eigenvalue weighted by molar-refractivity contribution is -0.159. The molecule has 0 saturated carbocycles. The molecule has 5 nitrogen and oxygen atoms in total. The van der Waals surface area contributed by atoms with E-state index in [9.17, 15) is 9.90 Å². The van der Waals surface area contributed by atoms with E-state index in [1.165, 1.54) is 6.07 Å². The van der Waals surface area contributed by atoms with Gasteiger partial charge in [0.1, 0.15) is 28.1 Å². The maximum Gasteiger partial charge on any atom is 0.326 e. The summed E-state index contributed by atoms with van der Waals surface area (Å²) in [4.78, 5) is 15.6. The number of nitrogens with zero attached hydrogens (tertiary/aromatic N) is 1. The van der Waals surface area contributed by atoms with Crippen molar-refractivity contribution in [3.63, 3.8) is 0 Å². The van der Waals surface area contributed by atoms with Crippen LogP contribution in [0.1, 0.15) is 32.4 Å². The Kier molecular flexibility index (Phi) is 5.63. The first-order valence-corrected chi connectivity index (χ1v) is 6.84. The van der Waals surface area contributed by atoms with Crippen LogP contribution in [0.15, 0.2) is 6.07 Å². The van der Waals surface area contributed by atoms with Gasteiger partial charge in [0, 0.05) is 5.56 Å². The number of hydrogen-bond acceptors (Lipinski definition) is 5. The van der Waals surface area contributed by atoms with E-state index < -0.39 is 23.7 Å². The van der Waals surface area contributed by atoms with Crippen LogP contribution in [0.5, 0.6) is 0 Å². The van der Waals surface area contributed by atoms with Gasteiger partial charge in [0.05, 0.1) is 5.02 Å². The molecule has 1 aromatic heterocycles. The van der Waals surface area contributed by atoms with Gasteiger partial charge in [0.15, 0.2) is 0 Å². The fraction of sp³-hybridized carbons (Fsp3) is 0.500. The van der Waals surface area contributed by atoms with Crippen LogP contribution in [-0.4, -0.2) is 27.7 Å². The summed E-state index contributed by atoms with van der Waals surface area (Å²) in [5, 5.41) is 10.2. The third-order valence-corrected chi connectivity index (χ3v) is 3.04. The second kappa shape index (κ2) is 6.45. The van der Waals surface area contributed by atoms with Crippen LogP contribution in [0.2, 0.25) is 15.3 Å². The van der Waals surface area contributed by atoms with Crippen molar-refractivity contribution < 1.29 is 14.6 Å². The van der Waals surface area contributed by atoms with Gasteiger partial charge in [0.2, 0.25) is 0 Å². The maximum atomic E-state index is 11.8. The molecule has 0 bridgehead atoms. The topological polar surface area (TPSA) is 85.4 Å². The number of aromatic nitrogens is 1. The minimum absolute atomic E-state index is 0.0380. The molecule has 1 aromatic rings. The van der Waals surface area contributed by atoms with Crippen LogP contribution >= 0.6 is 34.8 Å². The Hall–Kier alpha value is -0.590. The molecule has 1 heterocycles. The number of pyridine rings is 1. The van der Waals surface area contributed by atoms with Gasteiger partial charge in [-0.3, -0.25) is 4.79 Å². The minimum Gasteiger partial charge on any atom is -0.459 e. The van der Waals surface area contributed by atoms with Gasteiger partial charge < -0.3 is 15.6 Å². The molecule has 0 radical (unpaired) electrons. The molecule has 0 aliphatic rings. The number of ether oxygens (including phenoxy) is 1. The van der Waals surface area contributed by atoms with Crippen LogP contribution in [0, 0.1) is 0 Å². The van der Waals surface area contributed by atoms with E-state index in [0.29, 0.717) is 0 Å². The van der Waals surface area contributed by atoms with Crippen molar-refractivity contribution in [2.75, 3.05) is 0 Å². The summed E-state index contributed by atoms with van der Waals surface area (Å²) in [5.41, 5.74) is 4.99. The van der Waals surface area contributed by atoms with Crippen molar-refractivity contribution in [3.05, 3.63) is 27.0 Å². The first-order chi connectivity index (χ1) is 9.03. The maximum absolute atomic E-state index is 11.8. The lowest BCUT2D eigenvalue weighted by Crippen LogP contribution is -2.41. The molecule has 0 aromatic carbocycles. The van der Waals surface area contributed by atoms with E-state index in [4.69, 9.17) is 45.3 Å². The standard InChI is InChI=1S/C12H15Cl3N2O3/c1-12(2,3)20-11(19)8(16)9(18)7-5(13)4-6(14)17-10(7)15/h4,8-9,18H,16H2,1-3H3/t8-,9+/m1/s1. The predicted octanol–water partition coefficient (Wildman–Crippen LogP) is 2.74. The summed E-state index contributed by atoms with van der Waals surface area (Å²) in [6.07, 6.45) is -1.45. The number of carbonyl (C=O) groups is 1. The summed E-state index contributed by atoms with van der Waals surface area (Å²) in [6, 6.07) is -0.0396. The van der Waals surface area contributed by atoms with Crippen LogP contribution in [0.25, 0.3) is 0 Å². The van der Waals surface area contributed by atoms with Crippen molar-refractivity contribution in [2.24, 2.45) is 5.73 Å². The van der Waals surface area contributed by atoms with E-state index >= 15 is 0 Å². The van der Waals surface area contributed by atoms with Crippen LogP contribution in [0.4, 0.5) is 0 Å². The highest BCUT2D eigenvalue weighted by Gasteiger charge is 2.32. The van der Waals surface area contributed by atoms with Gasteiger partial charge >= 0.3 is 5.97 Å². The van der Waals surface area contributed by atoms with Gasteiger partial charge in [-0.1, -0.05) is 34.8 Å². The van der Waals surface area contributed by atoms with Crippen LogP contribution < -0.4 is 5.73 Å². The number of aliphatic hydroxyl groups excluding tert-OH is 1. The summed E-state index contributed by atoms with van der Waals surface area (Å²) in [7, 11) is 0.